The van der Waals surface area contributed by atoms with E-state index in [2.05, 4.69) is 187 Å². The number of hydrogen-bond acceptors (Lipinski definition) is 12. The van der Waals surface area contributed by atoms with Crippen LogP contribution >= 0.6 is 132 Å². The summed E-state index contributed by atoms with van der Waals surface area (Å²) in [5, 5.41) is 0. The van der Waals surface area contributed by atoms with Crippen molar-refractivity contribution in [1.29, 1.82) is 0 Å². The summed E-state index contributed by atoms with van der Waals surface area (Å²) in [5.74, 6) is 0. The molecule has 0 heterocycles. The Balaban J connectivity index is 1.93. The van der Waals surface area contributed by atoms with Gasteiger partial charge in [-0.3, -0.25) is 0 Å². The molecule has 0 fully saturated rings. The third-order valence-electron chi connectivity index (χ3n) is 18.4. The van der Waals surface area contributed by atoms with E-state index in [1.54, 1.807) is 0 Å². The third-order valence-corrected chi connectivity index (χ3v) is 32.2. The van der Waals surface area contributed by atoms with Crippen molar-refractivity contribution in [2.75, 3.05) is 0 Å². The maximum Gasteiger partial charge on any atom is 0.123 e. The molecule has 12 unspecified atom stereocenters. The Hall–Kier alpha value is 1.24. The van der Waals surface area contributed by atoms with E-state index in [-0.39, 0.29) is 18.3 Å². The Morgan fingerprint density at radius 1 is 0.237 bits per heavy atom. The maximum atomic E-state index is 7.37. The average molecular weight is 1550 g/mol. The van der Waals surface area contributed by atoms with Crippen molar-refractivity contribution in [3.63, 3.8) is 0 Å². The molecule has 4 nitrogen and oxygen atoms in total. The molecule has 4 rings (SSSR count). The fourth-order valence-electron chi connectivity index (χ4n) is 12.7. The molecule has 4 aromatic carbocycles. The van der Waals surface area contributed by atoms with Crippen LogP contribution in [0.25, 0.3) is 0 Å². The summed E-state index contributed by atoms with van der Waals surface area (Å²) in [4.78, 5) is 5.16. The van der Waals surface area contributed by atoms with Gasteiger partial charge in [-0.1, -0.05) is 357 Å². The highest BCUT2D eigenvalue weighted by Crippen LogP contribution is 2.62. The lowest BCUT2D eigenvalue weighted by Crippen LogP contribution is -2.58. The minimum Gasteiger partial charge on any atom is -0.351 e. The van der Waals surface area contributed by atoms with Gasteiger partial charge in [0.15, 0.2) is 0 Å². The van der Waals surface area contributed by atoms with Crippen LogP contribution in [-0.2, 0) is 18.1 Å². The van der Waals surface area contributed by atoms with Crippen LogP contribution in [0.2, 0.25) is 0 Å². The van der Waals surface area contributed by atoms with E-state index in [0.29, 0.717) is 0 Å². The number of rotatable bonds is 68. The number of hydrogen-bond donors (Lipinski definition) is 0. The Kier molecular flexibility index (Phi) is 59.2. The molecule has 0 saturated heterocycles. The Morgan fingerprint density at radius 2 is 0.392 bits per heavy atom. The second-order valence-corrected chi connectivity index (χ2v) is 39.2. The normalized spacial score (nSPS) is 15.0. The summed E-state index contributed by atoms with van der Waals surface area (Å²) in [7, 11) is 11.4. The van der Waals surface area contributed by atoms with Crippen LogP contribution in [0.15, 0.2) is 141 Å². The van der Waals surface area contributed by atoms with Crippen molar-refractivity contribution in [3.05, 3.63) is 121 Å². The fraction of sp³-hybridized carbons (Fsp3) is 0.704. The van der Waals surface area contributed by atoms with Crippen LogP contribution < -0.4 is 0 Å². The van der Waals surface area contributed by atoms with Gasteiger partial charge < -0.3 is 18.1 Å². The van der Waals surface area contributed by atoms with Crippen LogP contribution in [0.4, 0.5) is 0 Å². The molecule has 0 N–H and O–H groups in total. The molecule has 0 aliphatic heterocycles. The molecule has 12 atom stereocenters. The van der Waals surface area contributed by atoms with Crippen molar-refractivity contribution >= 4 is 132 Å². The minimum absolute atomic E-state index is 0.172. The molecular formula is C81H136O4P4S8. The van der Waals surface area contributed by atoms with Gasteiger partial charge in [-0.25, -0.2) is 0 Å². The SMILES string of the molecule is CCCCCCCCCCCCC(Sc1ccccc1)SC(OP)C(C(OP)SC(CCCCCCCCCCCC)Sc1ccccc1)(C(OP)SC(CCCCCCCCCCCC)Sc1ccccc1)C(OP)SC(CCCCCCCCCCCC)Sc1ccccc1. The lowest BCUT2D eigenvalue weighted by molar-refractivity contribution is -0.0405. The highest BCUT2D eigenvalue weighted by atomic mass is 32.2. The summed E-state index contributed by atoms with van der Waals surface area (Å²) >= 11 is 16.0. The highest BCUT2D eigenvalue weighted by molar-refractivity contribution is 8.19. The first-order valence-electron chi connectivity index (χ1n) is 38.8. The summed E-state index contributed by atoms with van der Waals surface area (Å²) in [5.41, 5.74) is -2.80. The standard InChI is InChI=1S/C81H136O4P4S8/c1-5-9-13-17-21-25-29-33-37-53-65-73(90-69-57-45-41-46-58-69)94-77(82-86)81(78(83-87)95-74(91-70-59-47-42-48-60-70)66-54-38-34-30-26-22-18-14-10-6-2,79(84-88)96-75(92-71-61-49-43-50-62-71)67-55-39-35-31-27-23-19-15-11-7-3)80(85-89)97-76(93-72-63-51-44-52-64-72)68-56-40-36-32-28-24-20-16-12-8-4/h41-52,57-64,73-80H,5-40,53-56,65-68,86-89H2,1-4H3. The van der Waals surface area contributed by atoms with Crippen LogP contribution in [0, 0.1) is 5.41 Å². The van der Waals surface area contributed by atoms with E-state index in [1.807, 2.05) is 94.1 Å². The molecule has 552 valence electrons. The van der Waals surface area contributed by atoms with Crippen molar-refractivity contribution in [2.24, 2.45) is 5.41 Å². The molecule has 0 amide bonds. The van der Waals surface area contributed by atoms with E-state index in [0.717, 1.165) is 51.4 Å². The zero-order valence-electron chi connectivity index (χ0n) is 61.0. The zero-order valence-corrected chi connectivity index (χ0v) is 72.1. The third kappa shape index (κ3) is 41.8. The summed E-state index contributed by atoms with van der Waals surface area (Å²) in [6.07, 6.45) is 56.7. The zero-order chi connectivity index (χ0) is 69.2. The van der Waals surface area contributed by atoms with Crippen LogP contribution in [0.3, 0.4) is 0 Å². The molecule has 0 aliphatic rings. The van der Waals surface area contributed by atoms with E-state index in [4.69, 9.17) is 18.1 Å². The molecule has 0 spiro atoms. The van der Waals surface area contributed by atoms with Crippen molar-refractivity contribution in [1.82, 2.24) is 0 Å². The molecule has 16 heteroatoms. The van der Waals surface area contributed by atoms with Gasteiger partial charge in [0.1, 0.15) is 27.2 Å². The van der Waals surface area contributed by atoms with Crippen molar-refractivity contribution in [2.45, 2.75) is 370 Å². The Morgan fingerprint density at radius 3 is 0.546 bits per heavy atom. The van der Waals surface area contributed by atoms with Crippen LogP contribution in [0.1, 0.15) is 310 Å². The molecule has 0 aliphatic carbocycles. The van der Waals surface area contributed by atoms with Crippen LogP contribution in [0.5, 0.6) is 0 Å². The van der Waals surface area contributed by atoms with Gasteiger partial charge in [0.2, 0.25) is 0 Å². The van der Waals surface area contributed by atoms with Crippen molar-refractivity contribution < 1.29 is 18.1 Å². The molecule has 4 aromatic rings. The van der Waals surface area contributed by atoms with Gasteiger partial charge in [-0.05, 0) is 74.2 Å². The smallest absolute Gasteiger partial charge is 0.123 e. The van der Waals surface area contributed by atoms with Gasteiger partial charge in [0.25, 0.3) is 0 Å². The largest absolute Gasteiger partial charge is 0.351 e. The first-order valence-corrected chi connectivity index (χ1v) is 48.0. The summed E-state index contributed by atoms with van der Waals surface area (Å²) < 4.78 is 30.2. The van der Waals surface area contributed by atoms with Crippen LogP contribution in [-0.4, -0.2) is 40.1 Å². The topological polar surface area (TPSA) is 36.9 Å². The maximum absolute atomic E-state index is 7.37. The minimum atomic E-state index is -0.946. The summed E-state index contributed by atoms with van der Waals surface area (Å²) in [6, 6.07) is 44.7. The Bertz CT molecular complexity index is 2010. The first-order chi connectivity index (χ1) is 47.9. The van der Waals surface area contributed by atoms with Gasteiger partial charge >= 0.3 is 0 Å². The average Bonchev–Trinajstić information content (AvgIpc) is 0.745. The van der Waals surface area contributed by atoms with E-state index < -0.39 is 27.2 Å². The van der Waals surface area contributed by atoms with Crippen molar-refractivity contribution in [3.8, 4) is 0 Å². The second kappa shape index (κ2) is 63.3. The summed E-state index contributed by atoms with van der Waals surface area (Å²) in [6.45, 7) is 9.27. The van der Waals surface area contributed by atoms with Gasteiger partial charge in [-0.15, -0.1) is 94.1 Å². The fourth-order valence-corrected chi connectivity index (χ4v) is 27.0. The number of benzene rings is 4. The second-order valence-electron chi connectivity index (χ2n) is 26.7. The van der Waals surface area contributed by atoms with Gasteiger partial charge in [0, 0.05) is 57.4 Å². The molecule has 0 aromatic heterocycles. The number of thioether (sulfide) groups is 8. The first kappa shape index (κ1) is 90.6. The quantitative estimate of drug-likeness (QED) is 0.0183. The van der Waals surface area contributed by atoms with E-state index in [9.17, 15) is 0 Å². The molecule has 97 heavy (non-hydrogen) atoms. The lowest BCUT2D eigenvalue weighted by atomic mass is 9.90. The predicted octanol–water partition coefficient (Wildman–Crippen LogP) is 31.2. The molecule has 0 saturated carbocycles. The molecule has 0 radical (unpaired) electrons. The molecule has 0 bridgehead atoms. The van der Waals surface area contributed by atoms with E-state index >= 15 is 0 Å². The van der Waals surface area contributed by atoms with E-state index in [1.165, 1.54) is 251 Å². The highest BCUT2D eigenvalue weighted by Gasteiger charge is 2.62. The van der Waals surface area contributed by atoms with Gasteiger partial charge in [-0.2, -0.15) is 0 Å². The predicted molar refractivity (Wildman–Crippen MR) is 461 cm³/mol. The monoisotopic (exact) mass is 1550 g/mol. The van der Waals surface area contributed by atoms with Gasteiger partial charge in [0.05, 0.1) is 18.3 Å². The lowest BCUT2D eigenvalue weighted by Gasteiger charge is -2.52. The number of unbranched alkanes of at least 4 members (excludes halogenated alkanes) is 36. The molecular weight excluding hydrogens is 1420 g/mol. The Labute approximate surface area is 641 Å².